The van der Waals surface area contributed by atoms with Gasteiger partial charge in [0.25, 0.3) is 11.6 Å². The van der Waals surface area contributed by atoms with Gasteiger partial charge in [-0.1, -0.05) is 48.5 Å². The van der Waals surface area contributed by atoms with Crippen LogP contribution in [0.25, 0.3) is 0 Å². The molecule has 1 atom stereocenters. The second kappa shape index (κ2) is 6.83. The number of fused-ring (bicyclic) bond motifs is 1. The fraction of sp³-hybridized carbons (Fsp3) is 0.0909. The summed E-state index contributed by atoms with van der Waals surface area (Å²) in [6.07, 6.45) is 0. The van der Waals surface area contributed by atoms with Crippen molar-refractivity contribution in [2.75, 3.05) is 4.90 Å². The first-order valence-electron chi connectivity index (χ1n) is 8.68. The van der Waals surface area contributed by atoms with Gasteiger partial charge in [-0.25, -0.2) is 4.79 Å². The molecule has 0 saturated heterocycles. The highest BCUT2D eigenvalue weighted by Gasteiger charge is 2.55. The van der Waals surface area contributed by atoms with E-state index in [1.165, 1.54) is 12.1 Å². The van der Waals surface area contributed by atoms with Gasteiger partial charge in [0.15, 0.2) is 0 Å². The molecular formula is C22H17NO5. The molecule has 6 nitrogen and oxygen atoms in total. The van der Waals surface area contributed by atoms with Crippen molar-refractivity contribution in [3.63, 3.8) is 0 Å². The molecule has 2 N–H and O–H groups in total. The molecule has 1 heterocycles. The highest BCUT2D eigenvalue weighted by molar-refractivity contribution is 6.16. The van der Waals surface area contributed by atoms with Gasteiger partial charge >= 0.3 is 5.97 Å². The lowest BCUT2D eigenvalue weighted by Crippen LogP contribution is -2.50. The topological polar surface area (TPSA) is 87.1 Å². The van der Waals surface area contributed by atoms with Gasteiger partial charge in [0.1, 0.15) is 12.4 Å². The van der Waals surface area contributed by atoms with E-state index in [1.54, 1.807) is 36.4 Å². The second-order valence-corrected chi connectivity index (χ2v) is 6.43. The number of carbonyl (C=O) groups is 2. The van der Waals surface area contributed by atoms with Gasteiger partial charge in [-0.05, 0) is 35.9 Å². The van der Waals surface area contributed by atoms with Crippen molar-refractivity contribution < 1.29 is 24.5 Å². The predicted molar refractivity (Wildman–Crippen MR) is 102 cm³/mol. The SMILES string of the molecule is O=C1c2ccccc2C(O)(C(=O)O)N1c1ccc(OCc2ccccc2)cc1. The minimum atomic E-state index is -2.46. The molecule has 1 amide bonds. The lowest BCUT2D eigenvalue weighted by molar-refractivity contribution is -0.158. The van der Waals surface area contributed by atoms with Crippen molar-refractivity contribution in [2.24, 2.45) is 0 Å². The number of benzene rings is 3. The molecule has 4 rings (SSSR count). The highest BCUT2D eigenvalue weighted by atomic mass is 16.5. The number of carboxylic acid groups (broad SMARTS) is 1. The number of amides is 1. The molecule has 0 radical (unpaired) electrons. The average molecular weight is 375 g/mol. The number of aliphatic carboxylic acids is 1. The first-order valence-corrected chi connectivity index (χ1v) is 8.68. The van der Waals surface area contributed by atoms with Gasteiger partial charge in [-0.15, -0.1) is 0 Å². The van der Waals surface area contributed by atoms with E-state index in [-0.39, 0.29) is 16.8 Å². The summed E-state index contributed by atoms with van der Waals surface area (Å²) >= 11 is 0. The Hall–Kier alpha value is -3.64. The minimum Gasteiger partial charge on any atom is -0.489 e. The van der Waals surface area contributed by atoms with Gasteiger partial charge in [-0.2, -0.15) is 0 Å². The number of hydrogen-bond donors (Lipinski definition) is 2. The van der Waals surface area contributed by atoms with E-state index >= 15 is 0 Å². The molecule has 3 aromatic rings. The molecule has 3 aromatic carbocycles. The molecule has 0 saturated carbocycles. The van der Waals surface area contributed by atoms with Crippen LogP contribution in [0.3, 0.4) is 0 Å². The number of ether oxygens (including phenoxy) is 1. The van der Waals surface area contributed by atoms with E-state index in [0.717, 1.165) is 10.5 Å². The highest BCUT2D eigenvalue weighted by Crippen LogP contribution is 2.41. The third-order valence-corrected chi connectivity index (χ3v) is 4.70. The van der Waals surface area contributed by atoms with Crippen LogP contribution in [-0.2, 0) is 17.1 Å². The number of carboxylic acids is 1. The average Bonchev–Trinajstić information content (AvgIpc) is 2.96. The fourth-order valence-electron chi connectivity index (χ4n) is 3.31. The third-order valence-electron chi connectivity index (χ3n) is 4.70. The first kappa shape index (κ1) is 17.8. The maximum Gasteiger partial charge on any atom is 0.362 e. The Balaban J connectivity index is 1.62. The van der Waals surface area contributed by atoms with E-state index < -0.39 is 17.6 Å². The number of nitrogens with zero attached hydrogens (tertiary/aromatic N) is 1. The smallest absolute Gasteiger partial charge is 0.362 e. The molecule has 0 spiro atoms. The second-order valence-electron chi connectivity index (χ2n) is 6.43. The molecular weight excluding hydrogens is 358 g/mol. The van der Waals surface area contributed by atoms with Crippen molar-refractivity contribution in [3.8, 4) is 5.75 Å². The van der Waals surface area contributed by atoms with Gasteiger partial charge in [0.2, 0.25) is 0 Å². The molecule has 1 unspecified atom stereocenters. The minimum absolute atomic E-state index is 0.0527. The van der Waals surface area contributed by atoms with Crippen molar-refractivity contribution in [1.82, 2.24) is 0 Å². The van der Waals surface area contributed by atoms with E-state index in [1.807, 2.05) is 30.3 Å². The van der Waals surface area contributed by atoms with E-state index in [0.29, 0.717) is 12.4 Å². The Morgan fingerprint density at radius 2 is 1.57 bits per heavy atom. The molecule has 6 heteroatoms. The summed E-state index contributed by atoms with van der Waals surface area (Å²) in [6.45, 7) is 0.382. The molecule has 1 aliphatic rings. The van der Waals surface area contributed by atoms with Crippen molar-refractivity contribution in [1.29, 1.82) is 0 Å². The monoisotopic (exact) mass is 375 g/mol. The van der Waals surface area contributed by atoms with Crippen LogP contribution in [0.4, 0.5) is 5.69 Å². The molecule has 0 bridgehead atoms. The summed E-state index contributed by atoms with van der Waals surface area (Å²) in [6, 6.07) is 22.2. The van der Waals surface area contributed by atoms with Gasteiger partial charge in [0.05, 0.1) is 0 Å². The van der Waals surface area contributed by atoms with Crippen LogP contribution >= 0.6 is 0 Å². The van der Waals surface area contributed by atoms with Crippen LogP contribution < -0.4 is 9.64 Å². The van der Waals surface area contributed by atoms with Gasteiger partial charge < -0.3 is 14.9 Å². The van der Waals surface area contributed by atoms with Gasteiger partial charge in [0, 0.05) is 16.8 Å². The number of carbonyl (C=O) groups excluding carboxylic acids is 1. The largest absolute Gasteiger partial charge is 0.489 e. The molecule has 0 fully saturated rings. The Morgan fingerprint density at radius 3 is 2.25 bits per heavy atom. The summed E-state index contributed by atoms with van der Waals surface area (Å²) in [5.41, 5.74) is -0.969. The zero-order valence-electron chi connectivity index (χ0n) is 14.8. The normalized spacial score (nSPS) is 18.0. The van der Waals surface area contributed by atoms with Crippen LogP contribution in [0, 0.1) is 0 Å². The van der Waals surface area contributed by atoms with Crippen molar-refractivity contribution >= 4 is 17.6 Å². The first-order chi connectivity index (χ1) is 13.5. The zero-order chi connectivity index (χ0) is 19.7. The van der Waals surface area contributed by atoms with E-state index in [9.17, 15) is 19.8 Å². The Kier molecular flexibility index (Phi) is 4.33. The summed E-state index contributed by atoms with van der Waals surface area (Å²) in [4.78, 5) is 25.5. The molecule has 28 heavy (non-hydrogen) atoms. The summed E-state index contributed by atoms with van der Waals surface area (Å²) in [5.74, 6) is -1.52. The van der Waals surface area contributed by atoms with Crippen LogP contribution in [0.2, 0.25) is 0 Å². The molecule has 140 valence electrons. The summed E-state index contributed by atoms with van der Waals surface area (Å²) in [5, 5.41) is 20.6. The predicted octanol–water partition coefficient (Wildman–Crippen LogP) is 3.16. The fourth-order valence-corrected chi connectivity index (χ4v) is 3.31. The summed E-state index contributed by atoms with van der Waals surface area (Å²) in [7, 11) is 0. The lowest BCUT2D eigenvalue weighted by atomic mass is 10.0. The van der Waals surface area contributed by atoms with Crippen molar-refractivity contribution in [2.45, 2.75) is 12.3 Å². The third kappa shape index (κ3) is 2.80. The Bertz CT molecular complexity index is 1030. The van der Waals surface area contributed by atoms with E-state index in [2.05, 4.69) is 0 Å². The quantitative estimate of drug-likeness (QED) is 0.715. The van der Waals surface area contributed by atoms with Gasteiger partial charge in [-0.3, -0.25) is 9.69 Å². The standard InChI is InChI=1S/C22H17NO5/c24-20-18-8-4-5-9-19(18)22(27,21(25)26)23(20)16-10-12-17(13-11-16)28-14-15-6-2-1-3-7-15/h1-13,27H,14H2,(H,25,26). The zero-order valence-corrected chi connectivity index (χ0v) is 14.8. The number of rotatable bonds is 5. The molecule has 0 aliphatic carbocycles. The summed E-state index contributed by atoms with van der Waals surface area (Å²) < 4.78 is 5.72. The number of aliphatic hydroxyl groups is 1. The Morgan fingerprint density at radius 1 is 0.929 bits per heavy atom. The molecule has 1 aliphatic heterocycles. The Labute approximate surface area is 161 Å². The lowest BCUT2D eigenvalue weighted by Gasteiger charge is -2.30. The van der Waals surface area contributed by atoms with Crippen LogP contribution in [-0.4, -0.2) is 22.1 Å². The number of anilines is 1. The van der Waals surface area contributed by atoms with Crippen LogP contribution in [0.15, 0.2) is 78.9 Å². The maximum atomic E-state index is 12.8. The molecule has 0 aromatic heterocycles. The van der Waals surface area contributed by atoms with Crippen molar-refractivity contribution in [3.05, 3.63) is 95.6 Å². The number of hydrogen-bond acceptors (Lipinski definition) is 4. The van der Waals surface area contributed by atoms with Crippen LogP contribution in [0.5, 0.6) is 5.75 Å². The van der Waals surface area contributed by atoms with Crippen LogP contribution in [0.1, 0.15) is 21.5 Å². The van der Waals surface area contributed by atoms with E-state index in [4.69, 9.17) is 4.74 Å². The maximum absolute atomic E-state index is 12.8.